The maximum atomic E-state index is 13.1. The van der Waals surface area contributed by atoms with Gasteiger partial charge in [0, 0.05) is 17.7 Å². The summed E-state index contributed by atoms with van der Waals surface area (Å²) in [6.45, 7) is 3.26. The molecule has 3 atom stereocenters. The van der Waals surface area contributed by atoms with Crippen molar-refractivity contribution < 1.29 is 28.0 Å². The zero-order valence-electron chi connectivity index (χ0n) is 15.7. The number of halogens is 3. The van der Waals surface area contributed by atoms with Crippen molar-refractivity contribution in [2.45, 2.75) is 38.0 Å². The molecular weight excluding hydrogens is 389 g/mol. The molecule has 0 aliphatic heterocycles. The molecule has 2 aromatic carbocycles. The van der Waals surface area contributed by atoms with Gasteiger partial charge in [-0.2, -0.15) is 13.2 Å². The van der Waals surface area contributed by atoms with Gasteiger partial charge < -0.3 is 10.4 Å². The molecule has 0 spiro atoms. The van der Waals surface area contributed by atoms with Crippen molar-refractivity contribution in [3.63, 3.8) is 0 Å². The Bertz CT molecular complexity index is 955. The minimum Gasteiger partial charge on any atom is -0.380 e. The zero-order chi connectivity index (χ0) is 21.6. The Kier molecular flexibility index (Phi) is 5.12. The third kappa shape index (κ3) is 4.24. The number of aliphatic hydroxyl groups is 1. The summed E-state index contributed by atoms with van der Waals surface area (Å²) in [5.41, 5.74) is -2.61. The quantitative estimate of drug-likeness (QED) is 0.566. The van der Waals surface area contributed by atoms with Crippen molar-refractivity contribution in [3.05, 3.63) is 69.3 Å². The molecule has 2 aromatic rings. The number of carbonyl (C=O) groups excluding carboxylic acids is 1. The molecule has 1 aliphatic carbocycles. The fourth-order valence-electron chi connectivity index (χ4n) is 3.42. The molecule has 0 radical (unpaired) electrons. The second kappa shape index (κ2) is 7.14. The number of nitrogens with zero attached hydrogens (tertiary/aromatic N) is 1. The Morgan fingerprint density at radius 1 is 1.21 bits per heavy atom. The van der Waals surface area contributed by atoms with Crippen LogP contribution in [0, 0.1) is 23.0 Å². The van der Waals surface area contributed by atoms with Crippen molar-refractivity contribution in [1.29, 1.82) is 0 Å². The number of alkyl halides is 3. The molecule has 0 saturated heterocycles. The number of hydrogen-bond acceptors (Lipinski definition) is 4. The summed E-state index contributed by atoms with van der Waals surface area (Å²) in [5, 5.41) is 23.8. The predicted octanol–water partition coefficient (Wildman–Crippen LogP) is 4.42. The van der Waals surface area contributed by atoms with Crippen LogP contribution in [0.4, 0.5) is 24.5 Å². The summed E-state index contributed by atoms with van der Waals surface area (Å²) in [4.78, 5) is 22.2. The Morgan fingerprint density at radius 2 is 1.83 bits per heavy atom. The van der Waals surface area contributed by atoms with Gasteiger partial charge >= 0.3 is 6.18 Å². The van der Waals surface area contributed by atoms with E-state index in [2.05, 4.69) is 5.32 Å². The molecule has 2 N–H and O–H groups in total. The first kappa shape index (κ1) is 20.8. The topological polar surface area (TPSA) is 92.5 Å². The SMILES string of the molecule is Cc1ccc(C2CC2[C@](C)(O)C(=O)Nc2ccc([N+](=O)[O-])c(C(F)(F)F)c2)cc1. The van der Waals surface area contributed by atoms with Crippen molar-refractivity contribution in [1.82, 2.24) is 0 Å². The van der Waals surface area contributed by atoms with Gasteiger partial charge in [-0.05, 0) is 43.9 Å². The van der Waals surface area contributed by atoms with Crippen LogP contribution in [0.25, 0.3) is 0 Å². The van der Waals surface area contributed by atoms with Crippen LogP contribution in [0.1, 0.15) is 36.0 Å². The van der Waals surface area contributed by atoms with Gasteiger partial charge in [0.25, 0.3) is 11.6 Å². The lowest BCUT2D eigenvalue weighted by Gasteiger charge is -2.23. The Labute approximate surface area is 164 Å². The number of amides is 1. The van der Waals surface area contributed by atoms with Gasteiger partial charge in [-0.1, -0.05) is 29.8 Å². The van der Waals surface area contributed by atoms with Gasteiger partial charge in [0.2, 0.25) is 0 Å². The van der Waals surface area contributed by atoms with E-state index in [9.17, 15) is 33.2 Å². The molecule has 9 heteroatoms. The average Bonchev–Trinajstić information content (AvgIpc) is 3.43. The Morgan fingerprint density at radius 3 is 2.38 bits per heavy atom. The maximum Gasteiger partial charge on any atom is 0.423 e. The molecule has 0 heterocycles. The van der Waals surface area contributed by atoms with Crippen LogP contribution >= 0.6 is 0 Å². The van der Waals surface area contributed by atoms with Crippen LogP contribution in [0.15, 0.2) is 42.5 Å². The minimum absolute atomic E-state index is 0.0288. The lowest BCUT2D eigenvalue weighted by atomic mass is 9.95. The highest BCUT2D eigenvalue weighted by Gasteiger charge is 2.54. The molecule has 29 heavy (non-hydrogen) atoms. The van der Waals surface area contributed by atoms with Crippen LogP contribution in [-0.4, -0.2) is 21.5 Å². The highest BCUT2D eigenvalue weighted by Crippen LogP contribution is 2.53. The third-order valence-electron chi connectivity index (χ3n) is 5.23. The highest BCUT2D eigenvalue weighted by atomic mass is 19.4. The monoisotopic (exact) mass is 408 g/mol. The number of nitrogens with one attached hydrogen (secondary N) is 1. The fourth-order valence-corrected chi connectivity index (χ4v) is 3.42. The van der Waals surface area contributed by atoms with Crippen molar-refractivity contribution >= 4 is 17.3 Å². The van der Waals surface area contributed by atoms with E-state index in [1.54, 1.807) is 0 Å². The van der Waals surface area contributed by atoms with Gasteiger partial charge in [0.1, 0.15) is 11.2 Å². The van der Waals surface area contributed by atoms with Gasteiger partial charge in [-0.3, -0.25) is 14.9 Å². The molecule has 0 bridgehead atoms. The van der Waals surface area contributed by atoms with Gasteiger partial charge in [0.15, 0.2) is 0 Å². The summed E-state index contributed by atoms with van der Waals surface area (Å²) < 4.78 is 39.3. The van der Waals surface area contributed by atoms with Crippen LogP contribution in [0.5, 0.6) is 0 Å². The van der Waals surface area contributed by atoms with E-state index >= 15 is 0 Å². The molecule has 1 aliphatic rings. The van der Waals surface area contributed by atoms with E-state index in [1.807, 2.05) is 31.2 Å². The lowest BCUT2D eigenvalue weighted by molar-refractivity contribution is -0.388. The van der Waals surface area contributed by atoms with Crippen molar-refractivity contribution in [2.75, 3.05) is 5.32 Å². The standard InChI is InChI=1S/C20H19F3N2O4/c1-11-3-5-12(6-4-11)14-10-15(14)19(2,27)18(26)24-13-7-8-17(25(28)29)16(9-13)20(21,22)23/h3-9,14-15,27H,10H2,1-2H3,(H,24,26)/t14?,15?,19-/m0/s1. The van der Waals surface area contributed by atoms with E-state index in [0.29, 0.717) is 18.6 Å². The normalized spacial score (nSPS) is 20.6. The zero-order valence-corrected chi connectivity index (χ0v) is 15.7. The number of benzene rings is 2. The van der Waals surface area contributed by atoms with Gasteiger partial charge in [-0.15, -0.1) is 0 Å². The smallest absolute Gasteiger partial charge is 0.380 e. The maximum absolute atomic E-state index is 13.1. The van der Waals surface area contributed by atoms with E-state index in [0.717, 1.165) is 17.2 Å². The van der Waals surface area contributed by atoms with E-state index in [4.69, 9.17) is 0 Å². The summed E-state index contributed by atoms with van der Waals surface area (Å²) in [6, 6.07) is 9.87. The first-order chi connectivity index (χ1) is 13.4. The van der Waals surface area contributed by atoms with Gasteiger partial charge in [-0.25, -0.2) is 0 Å². The van der Waals surface area contributed by atoms with Crippen LogP contribution in [0.2, 0.25) is 0 Å². The predicted molar refractivity (Wildman–Crippen MR) is 99.4 cm³/mol. The fraction of sp³-hybridized carbons (Fsp3) is 0.350. The number of aryl methyl sites for hydroxylation is 1. The number of nitro groups is 1. The number of carbonyl (C=O) groups is 1. The number of nitro benzene ring substituents is 1. The Hall–Kier alpha value is -2.94. The molecule has 0 aromatic heterocycles. The second-order valence-electron chi connectivity index (χ2n) is 7.45. The van der Waals surface area contributed by atoms with Crippen LogP contribution in [0.3, 0.4) is 0 Å². The summed E-state index contributed by atoms with van der Waals surface area (Å²) in [5.74, 6) is -1.27. The largest absolute Gasteiger partial charge is 0.423 e. The van der Waals surface area contributed by atoms with Gasteiger partial charge in [0.05, 0.1) is 4.92 Å². The number of anilines is 1. The Balaban J connectivity index is 1.77. The molecule has 1 saturated carbocycles. The number of rotatable bonds is 5. The molecule has 154 valence electrons. The van der Waals surface area contributed by atoms with E-state index < -0.39 is 33.9 Å². The molecule has 1 amide bonds. The lowest BCUT2D eigenvalue weighted by Crippen LogP contribution is -2.42. The molecular formula is C20H19F3N2O4. The number of hydrogen-bond donors (Lipinski definition) is 2. The van der Waals surface area contributed by atoms with E-state index in [1.165, 1.54) is 6.92 Å². The molecule has 2 unspecified atom stereocenters. The third-order valence-corrected chi connectivity index (χ3v) is 5.23. The van der Waals surface area contributed by atoms with Crippen LogP contribution < -0.4 is 5.32 Å². The molecule has 3 rings (SSSR count). The molecule has 1 fully saturated rings. The molecule has 6 nitrogen and oxygen atoms in total. The minimum atomic E-state index is -4.96. The van der Waals surface area contributed by atoms with Crippen molar-refractivity contribution in [2.24, 2.45) is 5.92 Å². The van der Waals surface area contributed by atoms with Crippen molar-refractivity contribution in [3.8, 4) is 0 Å². The second-order valence-corrected chi connectivity index (χ2v) is 7.45. The summed E-state index contributed by atoms with van der Waals surface area (Å²) in [6.07, 6.45) is -4.39. The van der Waals surface area contributed by atoms with E-state index in [-0.39, 0.29) is 17.5 Å². The summed E-state index contributed by atoms with van der Waals surface area (Å²) in [7, 11) is 0. The summed E-state index contributed by atoms with van der Waals surface area (Å²) >= 11 is 0. The first-order valence-corrected chi connectivity index (χ1v) is 8.87. The average molecular weight is 408 g/mol. The first-order valence-electron chi connectivity index (χ1n) is 8.87. The van der Waals surface area contributed by atoms with Crippen LogP contribution in [-0.2, 0) is 11.0 Å². The highest BCUT2D eigenvalue weighted by molar-refractivity contribution is 5.97.